The van der Waals surface area contributed by atoms with E-state index in [2.05, 4.69) is 41.4 Å². The normalized spacial score (nSPS) is 16.7. The lowest BCUT2D eigenvalue weighted by Gasteiger charge is -2.12. The average molecular weight is 382 g/mol. The van der Waals surface area contributed by atoms with Crippen molar-refractivity contribution in [1.29, 1.82) is 0 Å². The number of anilines is 1. The number of pyridine rings is 1. The number of carbonyl (C=O) groups is 2. The van der Waals surface area contributed by atoms with Gasteiger partial charge in [-0.3, -0.25) is 4.79 Å². The third kappa shape index (κ3) is 4.86. The molecule has 0 aliphatic carbocycles. The molecule has 140 valence electrons. The van der Waals surface area contributed by atoms with Gasteiger partial charge in [0.05, 0.1) is 5.92 Å². The molecule has 1 saturated heterocycles. The van der Waals surface area contributed by atoms with E-state index in [4.69, 9.17) is 5.11 Å². The summed E-state index contributed by atoms with van der Waals surface area (Å²) >= 11 is 0. The topological polar surface area (TPSA) is 82.5 Å². The summed E-state index contributed by atoms with van der Waals surface area (Å²) in [5.41, 5.74) is 4.30. The van der Waals surface area contributed by atoms with Crippen LogP contribution in [0.1, 0.15) is 12.0 Å². The zero-order valence-corrected chi connectivity index (χ0v) is 16.7. The molecule has 0 spiro atoms. The third-order valence-corrected chi connectivity index (χ3v) is 5.26. The van der Waals surface area contributed by atoms with Crippen molar-refractivity contribution in [3.63, 3.8) is 0 Å². The van der Waals surface area contributed by atoms with Crippen molar-refractivity contribution in [2.75, 3.05) is 18.4 Å². The summed E-state index contributed by atoms with van der Waals surface area (Å²) in [5.74, 6) is 3.17. The van der Waals surface area contributed by atoms with Crippen molar-refractivity contribution in [1.82, 2.24) is 9.88 Å². The van der Waals surface area contributed by atoms with Crippen molar-refractivity contribution in [3.8, 4) is 11.5 Å². The lowest BCUT2D eigenvalue weighted by molar-refractivity contribution is -0.119. The van der Waals surface area contributed by atoms with E-state index in [1.807, 2.05) is 24.3 Å². The average Bonchev–Trinajstić information content (AvgIpc) is 3.09. The molecule has 1 unspecified atom stereocenters. The predicted molar refractivity (Wildman–Crippen MR) is 108 cm³/mol. The molecule has 2 amide bonds. The largest absolute Gasteiger partial charge is 0.465 e. The summed E-state index contributed by atoms with van der Waals surface area (Å²) in [6, 6.07) is 7.79. The Bertz CT molecular complexity index is 956. The first kappa shape index (κ1) is 18.9. The SMILES string of the molecule is C[Si](C)(C)C#Cc1ccc2cnc(NC(=O)C3CCN(C(=O)O)C3)cc2c1. The van der Waals surface area contributed by atoms with Crippen LogP contribution < -0.4 is 5.32 Å². The standard InChI is InChI=1S/C20H23N3O3Si/c1-27(2,3)9-7-14-4-5-15-12-21-18(11-17(15)10-14)22-19(24)16-6-8-23(13-16)20(25)26/h4-5,10-12,16H,6,8,13H2,1-3H3,(H,25,26)(H,21,22,24). The van der Waals surface area contributed by atoms with E-state index < -0.39 is 14.2 Å². The molecule has 27 heavy (non-hydrogen) atoms. The summed E-state index contributed by atoms with van der Waals surface area (Å²) in [5, 5.41) is 13.8. The van der Waals surface area contributed by atoms with Crippen molar-refractivity contribution in [2.24, 2.45) is 5.92 Å². The van der Waals surface area contributed by atoms with Gasteiger partial charge in [-0.05, 0) is 30.0 Å². The molecule has 1 aliphatic heterocycles. The molecule has 0 radical (unpaired) electrons. The van der Waals surface area contributed by atoms with Crippen LogP contribution in [-0.4, -0.2) is 48.2 Å². The van der Waals surface area contributed by atoms with Crippen LogP contribution >= 0.6 is 0 Å². The molecule has 1 aromatic heterocycles. The fourth-order valence-electron chi connectivity index (χ4n) is 2.92. The number of hydrogen-bond acceptors (Lipinski definition) is 3. The number of amides is 2. The Labute approximate surface area is 159 Å². The highest BCUT2D eigenvalue weighted by atomic mass is 28.3. The summed E-state index contributed by atoms with van der Waals surface area (Å²) < 4.78 is 0. The highest BCUT2D eigenvalue weighted by Crippen LogP contribution is 2.21. The molecule has 2 aromatic rings. The Morgan fingerprint density at radius 3 is 2.70 bits per heavy atom. The van der Waals surface area contributed by atoms with Crippen molar-refractivity contribution in [2.45, 2.75) is 26.1 Å². The molecule has 2 heterocycles. The maximum Gasteiger partial charge on any atom is 0.407 e. The molecule has 1 aromatic carbocycles. The number of aromatic nitrogens is 1. The fourth-order valence-corrected chi connectivity index (χ4v) is 3.44. The van der Waals surface area contributed by atoms with E-state index in [0.717, 1.165) is 16.3 Å². The number of fused-ring (bicyclic) bond motifs is 1. The maximum absolute atomic E-state index is 12.4. The molecule has 6 nitrogen and oxygen atoms in total. The smallest absolute Gasteiger partial charge is 0.407 e. The maximum atomic E-state index is 12.4. The van der Waals surface area contributed by atoms with Gasteiger partial charge in [0, 0.05) is 30.2 Å². The Hall–Kier alpha value is -2.85. The molecule has 0 bridgehead atoms. The van der Waals surface area contributed by atoms with Crippen LogP contribution in [0.3, 0.4) is 0 Å². The lowest BCUT2D eigenvalue weighted by atomic mass is 10.1. The Morgan fingerprint density at radius 1 is 1.26 bits per heavy atom. The van der Waals surface area contributed by atoms with E-state index in [1.54, 1.807) is 6.20 Å². The molecule has 0 saturated carbocycles. The van der Waals surface area contributed by atoms with Gasteiger partial charge in [-0.25, -0.2) is 9.78 Å². The van der Waals surface area contributed by atoms with E-state index in [-0.39, 0.29) is 18.4 Å². The number of rotatable bonds is 2. The number of nitrogens with one attached hydrogen (secondary N) is 1. The van der Waals surface area contributed by atoms with E-state index in [1.165, 1.54) is 4.90 Å². The van der Waals surface area contributed by atoms with Crippen molar-refractivity contribution in [3.05, 3.63) is 36.0 Å². The van der Waals surface area contributed by atoms with Gasteiger partial charge in [0.1, 0.15) is 13.9 Å². The molecule has 2 N–H and O–H groups in total. The molecular weight excluding hydrogens is 358 g/mol. The first-order valence-corrected chi connectivity index (χ1v) is 12.4. The van der Waals surface area contributed by atoms with Gasteiger partial charge in [0.15, 0.2) is 0 Å². The van der Waals surface area contributed by atoms with Crippen LogP contribution in [0.2, 0.25) is 19.6 Å². The number of hydrogen-bond donors (Lipinski definition) is 2. The summed E-state index contributed by atoms with van der Waals surface area (Å²) in [6.07, 6.45) is 1.27. The highest BCUT2D eigenvalue weighted by molar-refractivity contribution is 6.83. The summed E-state index contributed by atoms with van der Waals surface area (Å²) in [7, 11) is -1.45. The van der Waals surface area contributed by atoms with Gasteiger partial charge >= 0.3 is 6.09 Å². The van der Waals surface area contributed by atoms with Crippen molar-refractivity contribution >= 4 is 36.7 Å². The molecule has 1 aliphatic rings. The predicted octanol–water partition coefficient (Wildman–Crippen LogP) is 3.40. The second-order valence-corrected chi connectivity index (χ2v) is 12.6. The van der Waals surface area contributed by atoms with Gasteiger partial charge < -0.3 is 15.3 Å². The van der Waals surface area contributed by atoms with Gasteiger partial charge in [-0.15, -0.1) is 5.54 Å². The van der Waals surface area contributed by atoms with Crippen LogP contribution in [0.25, 0.3) is 10.8 Å². The van der Waals surface area contributed by atoms with Crippen LogP contribution in [0.15, 0.2) is 30.5 Å². The molecule has 3 rings (SSSR count). The molecule has 1 atom stereocenters. The van der Waals surface area contributed by atoms with Gasteiger partial charge in [0.2, 0.25) is 5.91 Å². The Morgan fingerprint density at radius 2 is 2.04 bits per heavy atom. The fraction of sp³-hybridized carbons (Fsp3) is 0.350. The van der Waals surface area contributed by atoms with Gasteiger partial charge in [0.25, 0.3) is 0 Å². The van der Waals surface area contributed by atoms with E-state index >= 15 is 0 Å². The number of nitrogens with zero attached hydrogens (tertiary/aromatic N) is 2. The van der Waals surface area contributed by atoms with Crippen LogP contribution in [0.5, 0.6) is 0 Å². The molecular formula is C20H23N3O3Si. The van der Waals surface area contributed by atoms with E-state index in [9.17, 15) is 9.59 Å². The third-order valence-electron chi connectivity index (χ3n) is 4.38. The van der Waals surface area contributed by atoms with Crippen LogP contribution in [0.4, 0.5) is 10.6 Å². The molecule has 1 fully saturated rings. The monoisotopic (exact) mass is 381 g/mol. The number of carbonyl (C=O) groups excluding carboxylic acids is 1. The summed E-state index contributed by atoms with van der Waals surface area (Å²) in [6.45, 7) is 7.22. The second kappa shape index (κ2) is 7.41. The minimum Gasteiger partial charge on any atom is -0.465 e. The zero-order valence-electron chi connectivity index (χ0n) is 15.7. The van der Waals surface area contributed by atoms with Gasteiger partial charge in [-0.1, -0.05) is 31.6 Å². The van der Waals surface area contributed by atoms with Crippen LogP contribution in [-0.2, 0) is 4.79 Å². The first-order chi connectivity index (χ1) is 12.7. The lowest BCUT2D eigenvalue weighted by Crippen LogP contribution is -2.30. The second-order valence-electron chi connectivity index (χ2n) is 7.83. The quantitative estimate of drug-likeness (QED) is 0.617. The Balaban J connectivity index is 1.76. The van der Waals surface area contributed by atoms with Gasteiger partial charge in [-0.2, -0.15) is 0 Å². The zero-order chi connectivity index (χ0) is 19.6. The van der Waals surface area contributed by atoms with E-state index in [0.29, 0.717) is 18.8 Å². The first-order valence-electron chi connectivity index (χ1n) is 8.93. The minimum atomic E-state index is -1.45. The Kier molecular flexibility index (Phi) is 5.19. The minimum absolute atomic E-state index is 0.194. The number of carboxylic acid groups (broad SMARTS) is 1. The number of likely N-dealkylation sites (tertiary alicyclic amines) is 1. The number of benzene rings is 1. The van der Waals surface area contributed by atoms with Crippen LogP contribution in [0, 0.1) is 17.4 Å². The summed E-state index contributed by atoms with van der Waals surface area (Å²) in [4.78, 5) is 29.0. The van der Waals surface area contributed by atoms with Crippen molar-refractivity contribution < 1.29 is 14.7 Å². The highest BCUT2D eigenvalue weighted by Gasteiger charge is 2.31. The molecule has 7 heteroatoms.